The first-order valence-electron chi connectivity index (χ1n) is 20.7. The maximum Gasteiger partial charge on any atom is 0.407 e. The van der Waals surface area contributed by atoms with Gasteiger partial charge in [0.15, 0.2) is 5.78 Å². The van der Waals surface area contributed by atoms with Crippen LogP contribution < -0.4 is 30.5 Å². The highest BCUT2D eigenvalue weighted by Crippen LogP contribution is 2.45. The molecule has 1 radical (unpaired) electrons. The minimum Gasteiger partial charge on any atom is -0.497 e. The summed E-state index contributed by atoms with van der Waals surface area (Å²) in [6.45, 7) is 4.69. The number of nitrogens with two attached hydrogens (primary N) is 1. The average molecular weight is 795 g/mol. The van der Waals surface area contributed by atoms with Crippen molar-refractivity contribution < 1.29 is 28.5 Å². The first kappa shape index (κ1) is 43.0. The van der Waals surface area contributed by atoms with E-state index in [1.807, 2.05) is 73.7 Å². The molecule has 9 nitrogen and oxygen atoms in total. The Bertz CT molecular complexity index is 2060. The molecule has 2 unspecified atom stereocenters. The van der Waals surface area contributed by atoms with Gasteiger partial charge in [-0.15, -0.1) is 0 Å². The van der Waals surface area contributed by atoms with Gasteiger partial charge in [-0.1, -0.05) is 124 Å². The van der Waals surface area contributed by atoms with Crippen LogP contribution in [0, 0.1) is 11.8 Å². The number of amides is 1. The molecule has 2 aliphatic carbocycles. The van der Waals surface area contributed by atoms with Crippen LogP contribution in [0.2, 0.25) is 6.32 Å². The van der Waals surface area contributed by atoms with E-state index in [-0.39, 0.29) is 37.5 Å². The van der Waals surface area contributed by atoms with Crippen LogP contribution in [0.3, 0.4) is 0 Å². The van der Waals surface area contributed by atoms with Gasteiger partial charge in [0.2, 0.25) is 7.41 Å². The molecule has 1 fully saturated rings. The van der Waals surface area contributed by atoms with Crippen molar-refractivity contribution in [2.24, 2.45) is 17.5 Å². The summed E-state index contributed by atoms with van der Waals surface area (Å²) in [5.74, 6) is 2.91. The first-order chi connectivity index (χ1) is 28.8. The molecule has 0 heterocycles. The molecule has 0 bridgehead atoms. The van der Waals surface area contributed by atoms with Crippen molar-refractivity contribution in [1.82, 2.24) is 10.6 Å². The van der Waals surface area contributed by atoms with Gasteiger partial charge < -0.3 is 35.2 Å². The summed E-state index contributed by atoms with van der Waals surface area (Å²) in [4.78, 5) is 26.7. The SMILES string of the molecule is CC[B]N.COc1ccc(C(NC(=O)OCC2c3ccccc3-c3ccccc32)c2ccc(OCC(=O)CNC(c3ccccc3)C3CCC(C)CC3)cc2)c(OC)c1. The van der Waals surface area contributed by atoms with Crippen LogP contribution in [0.5, 0.6) is 17.2 Å². The number of ketones is 1. The monoisotopic (exact) mass is 794 g/mol. The van der Waals surface area contributed by atoms with Crippen molar-refractivity contribution in [3.05, 3.63) is 149 Å². The van der Waals surface area contributed by atoms with Crippen molar-refractivity contribution in [2.45, 2.75) is 63.9 Å². The van der Waals surface area contributed by atoms with Crippen LogP contribution >= 0.6 is 0 Å². The fourth-order valence-corrected chi connectivity index (χ4v) is 8.19. The van der Waals surface area contributed by atoms with Gasteiger partial charge in [0.1, 0.15) is 30.5 Å². The molecule has 5 aromatic rings. The minimum absolute atomic E-state index is 0.0213. The van der Waals surface area contributed by atoms with E-state index in [0.29, 0.717) is 23.2 Å². The number of rotatable bonds is 16. The second kappa shape index (κ2) is 21.4. The fraction of sp³-hybridized carbons (Fsp3) is 0.347. The Morgan fingerprint density at radius 1 is 0.763 bits per heavy atom. The summed E-state index contributed by atoms with van der Waals surface area (Å²) in [6, 6.07) is 39.4. The Hall–Kier alpha value is -5.58. The lowest BCUT2D eigenvalue weighted by Gasteiger charge is -2.33. The zero-order chi connectivity index (χ0) is 41.6. The molecule has 0 spiro atoms. The molecular formula is C49H57BN3O6. The molecule has 7 rings (SSSR count). The Kier molecular flexibility index (Phi) is 15.6. The number of Topliss-reactive ketones (excluding diaryl/α,β-unsaturated/α-hetero) is 1. The summed E-state index contributed by atoms with van der Waals surface area (Å²) in [5.41, 5.74) is 12.3. The highest BCUT2D eigenvalue weighted by molar-refractivity contribution is 6.30. The van der Waals surface area contributed by atoms with Crippen molar-refractivity contribution in [1.29, 1.82) is 0 Å². The normalized spacial score (nSPS) is 16.6. The third-order valence-corrected chi connectivity index (χ3v) is 11.4. The highest BCUT2D eigenvalue weighted by atomic mass is 16.5. The number of hydrogen-bond acceptors (Lipinski definition) is 8. The van der Waals surface area contributed by atoms with Gasteiger partial charge in [0, 0.05) is 23.6 Å². The molecular weight excluding hydrogens is 737 g/mol. The average Bonchev–Trinajstić information content (AvgIpc) is 3.61. The van der Waals surface area contributed by atoms with E-state index >= 15 is 0 Å². The quantitative estimate of drug-likeness (QED) is 0.0846. The molecule has 59 heavy (non-hydrogen) atoms. The smallest absolute Gasteiger partial charge is 0.407 e. The predicted octanol–water partition coefficient (Wildman–Crippen LogP) is 9.44. The molecule has 10 heteroatoms. The number of carbonyl (C=O) groups is 2. The zero-order valence-corrected chi connectivity index (χ0v) is 34.7. The number of hydrogen-bond donors (Lipinski definition) is 3. The van der Waals surface area contributed by atoms with Crippen LogP contribution in [0.15, 0.2) is 121 Å². The van der Waals surface area contributed by atoms with E-state index in [0.717, 1.165) is 47.3 Å². The molecule has 2 atom stereocenters. The molecule has 2 aliphatic rings. The highest BCUT2D eigenvalue weighted by Gasteiger charge is 2.31. The third-order valence-electron chi connectivity index (χ3n) is 11.4. The second-order valence-electron chi connectivity index (χ2n) is 15.3. The maximum atomic E-state index is 13.6. The standard InChI is InChI=1S/C47H50N2O6.C2H7BN/c1-31-17-19-33(20-18-31)45(32-11-5-4-6-12-32)48-28-35(50)29-54-36-23-21-34(22-24-36)46(42-26-25-37(52-2)27-44(42)53-3)49-47(51)55-30-43-40-15-9-7-13-38(40)39-14-8-10-16-41(39)43;1-2-3-4/h4-16,21-27,31,33,43,45-46,48H,17-20,28-30H2,1-3H3,(H,49,51);2,4H2,1H3. The molecule has 4 N–H and O–H groups in total. The van der Waals surface area contributed by atoms with Crippen LogP contribution in [-0.4, -0.2) is 53.3 Å². The summed E-state index contributed by atoms with van der Waals surface area (Å²) >= 11 is 0. The number of alkyl carbamates (subject to hydrolysis) is 1. The van der Waals surface area contributed by atoms with Crippen molar-refractivity contribution in [3.63, 3.8) is 0 Å². The summed E-state index contributed by atoms with van der Waals surface area (Å²) < 4.78 is 23.1. The van der Waals surface area contributed by atoms with E-state index in [1.165, 1.54) is 29.5 Å². The molecule has 0 saturated heterocycles. The summed E-state index contributed by atoms with van der Waals surface area (Å²) in [6.07, 6.45) is 5.17. The van der Waals surface area contributed by atoms with Gasteiger partial charge in [-0.3, -0.25) is 4.79 Å². The number of carbonyl (C=O) groups excluding carboxylic acids is 2. The Labute approximate surface area is 350 Å². The van der Waals surface area contributed by atoms with Crippen molar-refractivity contribution >= 4 is 19.3 Å². The van der Waals surface area contributed by atoms with E-state index in [4.69, 9.17) is 24.6 Å². The molecule has 0 aliphatic heterocycles. The Morgan fingerprint density at radius 3 is 1.98 bits per heavy atom. The largest absolute Gasteiger partial charge is 0.497 e. The van der Waals surface area contributed by atoms with E-state index < -0.39 is 12.1 Å². The maximum absolute atomic E-state index is 13.6. The van der Waals surface area contributed by atoms with Gasteiger partial charge in [-0.2, -0.15) is 0 Å². The van der Waals surface area contributed by atoms with Crippen LogP contribution in [-0.2, 0) is 9.53 Å². The number of ether oxygens (including phenoxy) is 4. The molecule has 1 saturated carbocycles. The topological polar surface area (TPSA) is 121 Å². The fourth-order valence-electron chi connectivity index (χ4n) is 8.19. The Morgan fingerprint density at radius 2 is 1.37 bits per heavy atom. The van der Waals surface area contributed by atoms with Gasteiger partial charge in [0.25, 0.3) is 0 Å². The summed E-state index contributed by atoms with van der Waals surface area (Å²) in [5, 5.41) is 6.66. The first-order valence-corrected chi connectivity index (χ1v) is 20.7. The number of methoxy groups -OCH3 is 2. The van der Waals surface area contributed by atoms with E-state index in [1.54, 1.807) is 27.7 Å². The lowest BCUT2D eigenvalue weighted by molar-refractivity contribution is -0.120. The second-order valence-corrected chi connectivity index (χ2v) is 15.3. The minimum atomic E-state index is -0.617. The predicted molar refractivity (Wildman–Crippen MR) is 235 cm³/mol. The van der Waals surface area contributed by atoms with Crippen molar-refractivity contribution in [3.8, 4) is 28.4 Å². The van der Waals surface area contributed by atoms with Crippen molar-refractivity contribution in [2.75, 3.05) is 34.0 Å². The molecule has 307 valence electrons. The number of nitrogens with one attached hydrogen (secondary N) is 2. The molecule has 1 amide bonds. The number of fused-ring (bicyclic) bond motifs is 3. The van der Waals surface area contributed by atoms with Gasteiger partial charge in [-0.05, 0) is 82.3 Å². The van der Waals surface area contributed by atoms with Crippen LogP contribution in [0.4, 0.5) is 4.79 Å². The lowest BCUT2D eigenvalue weighted by atomic mass is 9.77. The van der Waals surface area contributed by atoms with Gasteiger partial charge in [0.05, 0.1) is 26.8 Å². The van der Waals surface area contributed by atoms with Crippen LogP contribution in [0.25, 0.3) is 11.1 Å². The van der Waals surface area contributed by atoms with E-state index in [2.05, 4.69) is 66.1 Å². The van der Waals surface area contributed by atoms with E-state index in [9.17, 15) is 9.59 Å². The van der Waals surface area contributed by atoms with Gasteiger partial charge in [-0.25, -0.2) is 4.79 Å². The van der Waals surface area contributed by atoms with Gasteiger partial charge >= 0.3 is 6.09 Å². The summed E-state index contributed by atoms with van der Waals surface area (Å²) in [7, 11) is 4.81. The van der Waals surface area contributed by atoms with Crippen LogP contribution in [0.1, 0.15) is 85.3 Å². The molecule has 0 aromatic heterocycles. The zero-order valence-electron chi connectivity index (χ0n) is 34.7. The lowest BCUT2D eigenvalue weighted by Crippen LogP contribution is -2.35. The molecule has 5 aromatic carbocycles. The third kappa shape index (κ3) is 11.1. The Balaban J connectivity index is 0.00000140. The number of benzene rings is 5.